The largest absolute Gasteiger partial charge is 0.433 e. The highest BCUT2D eigenvalue weighted by Crippen LogP contribution is 2.29. The first-order chi connectivity index (χ1) is 8.88. The fraction of sp³-hybridized carbons (Fsp3) is 0.583. The molecule has 2 heterocycles. The molecule has 0 unspecified atom stereocenters. The van der Waals surface area contributed by atoms with Crippen molar-refractivity contribution in [3.05, 3.63) is 18.0 Å². The lowest BCUT2D eigenvalue weighted by atomic mass is 9.93. The predicted molar refractivity (Wildman–Crippen MR) is 62.7 cm³/mol. The summed E-state index contributed by atoms with van der Waals surface area (Å²) in [7, 11) is 0. The minimum Gasteiger partial charge on any atom is -0.341 e. The van der Waals surface area contributed by atoms with Crippen LogP contribution in [-0.4, -0.2) is 28.8 Å². The molecule has 0 amide bonds. The van der Waals surface area contributed by atoms with E-state index in [0.29, 0.717) is 25.9 Å². The quantitative estimate of drug-likeness (QED) is 0.829. The van der Waals surface area contributed by atoms with Gasteiger partial charge in [0.25, 0.3) is 0 Å². The van der Waals surface area contributed by atoms with Crippen LogP contribution in [0.3, 0.4) is 0 Å². The number of Topliss-reactive ketones (excluding diaryl/α,β-unsaturated/α-hetero) is 1. The number of alkyl halides is 3. The van der Waals surface area contributed by atoms with Crippen LogP contribution in [0.2, 0.25) is 0 Å². The molecule has 4 nitrogen and oxygen atoms in total. The average molecular weight is 273 g/mol. The van der Waals surface area contributed by atoms with Gasteiger partial charge in [-0.2, -0.15) is 13.2 Å². The van der Waals surface area contributed by atoms with Gasteiger partial charge in [0.1, 0.15) is 11.5 Å². The Morgan fingerprint density at radius 1 is 1.37 bits per heavy atom. The van der Waals surface area contributed by atoms with Crippen molar-refractivity contribution in [3.63, 3.8) is 0 Å². The summed E-state index contributed by atoms with van der Waals surface area (Å²) in [5.41, 5.74) is -0.939. The van der Waals surface area contributed by atoms with E-state index in [1.54, 1.807) is 11.8 Å². The summed E-state index contributed by atoms with van der Waals surface area (Å²) >= 11 is 0. The van der Waals surface area contributed by atoms with Crippen LogP contribution in [-0.2, 0) is 11.0 Å². The summed E-state index contributed by atoms with van der Waals surface area (Å²) in [6.07, 6.45) is -2.08. The summed E-state index contributed by atoms with van der Waals surface area (Å²) < 4.78 is 37.6. The first kappa shape index (κ1) is 13.8. The van der Waals surface area contributed by atoms with Crippen LogP contribution in [0.15, 0.2) is 12.3 Å². The number of carbonyl (C=O) groups excluding carboxylic acids is 1. The summed E-state index contributed by atoms with van der Waals surface area (Å²) in [5, 5.41) is 0. The van der Waals surface area contributed by atoms with Gasteiger partial charge in [0.2, 0.25) is 5.95 Å². The van der Waals surface area contributed by atoms with E-state index in [1.165, 1.54) is 0 Å². The lowest BCUT2D eigenvalue weighted by Crippen LogP contribution is -2.37. The monoisotopic (exact) mass is 273 g/mol. The van der Waals surface area contributed by atoms with Crippen molar-refractivity contribution in [3.8, 4) is 0 Å². The third-order valence-corrected chi connectivity index (χ3v) is 3.29. The van der Waals surface area contributed by atoms with E-state index in [-0.39, 0.29) is 17.6 Å². The van der Waals surface area contributed by atoms with Gasteiger partial charge in [-0.3, -0.25) is 4.79 Å². The van der Waals surface area contributed by atoms with Crippen LogP contribution in [0.4, 0.5) is 19.1 Å². The van der Waals surface area contributed by atoms with Gasteiger partial charge in [-0.15, -0.1) is 0 Å². The Kier molecular flexibility index (Phi) is 3.73. The van der Waals surface area contributed by atoms with Crippen molar-refractivity contribution in [1.29, 1.82) is 0 Å². The first-order valence-corrected chi connectivity index (χ1v) is 6.03. The molecular formula is C12H14F3N3O. The van der Waals surface area contributed by atoms with Gasteiger partial charge in [-0.05, 0) is 25.8 Å². The first-order valence-electron chi connectivity index (χ1n) is 6.03. The molecule has 0 radical (unpaired) electrons. The van der Waals surface area contributed by atoms with Crippen LogP contribution in [0.1, 0.15) is 25.5 Å². The Balaban J connectivity index is 2.10. The van der Waals surface area contributed by atoms with Gasteiger partial charge >= 0.3 is 6.18 Å². The molecular weight excluding hydrogens is 259 g/mol. The lowest BCUT2D eigenvalue weighted by molar-refractivity contribution is -0.141. The Hall–Kier alpha value is -1.66. The predicted octanol–water partition coefficient (Wildman–Crippen LogP) is 2.30. The molecule has 7 heteroatoms. The third kappa shape index (κ3) is 3.21. The van der Waals surface area contributed by atoms with Gasteiger partial charge in [-0.1, -0.05) is 0 Å². The molecule has 1 aromatic heterocycles. The van der Waals surface area contributed by atoms with Gasteiger partial charge in [0.15, 0.2) is 0 Å². The molecule has 0 bridgehead atoms. The van der Waals surface area contributed by atoms with Crippen molar-refractivity contribution in [2.75, 3.05) is 18.0 Å². The van der Waals surface area contributed by atoms with E-state index in [0.717, 1.165) is 12.3 Å². The number of rotatable bonds is 2. The molecule has 0 aliphatic carbocycles. The molecule has 1 fully saturated rings. The summed E-state index contributed by atoms with van der Waals surface area (Å²) in [4.78, 5) is 20.3. The highest BCUT2D eigenvalue weighted by molar-refractivity contribution is 5.78. The van der Waals surface area contributed by atoms with E-state index in [9.17, 15) is 18.0 Å². The number of ketones is 1. The number of halogens is 3. The van der Waals surface area contributed by atoms with E-state index < -0.39 is 11.9 Å². The second-order valence-corrected chi connectivity index (χ2v) is 4.61. The summed E-state index contributed by atoms with van der Waals surface area (Å²) in [6, 6.07) is 0.853. The average Bonchev–Trinajstić information content (AvgIpc) is 2.38. The van der Waals surface area contributed by atoms with Crippen LogP contribution in [0.25, 0.3) is 0 Å². The minimum absolute atomic E-state index is 0.00190. The number of piperidine rings is 1. The maximum absolute atomic E-state index is 12.5. The highest BCUT2D eigenvalue weighted by Gasteiger charge is 2.33. The normalized spacial score (nSPS) is 17.6. The zero-order valence-corrected chi connectivity index (χ0v) is 10.4. The van der Waals surface area contributed by atoms with E-state index in [2.05, 4.69) is 9.97 Å². The van der Waals surface area contributed by atoms with Crippen molar-refractivity contribution >= 4 is 11.7 Å². The minimum atomic E-state index is -4.46. The Bertz CT molecular complexity index is 468. The number of hydrogen-bond acceptors (Lipinski definition) is 4. The molecule has 1 aromatic rings. The SMILES string of the molecule is CC(=O)C1CCN(c2nccc(C(F)(F)F)n2)CC1. The maximum atomic E-state index is 12.5. The fourth-order valence-corrected chi connectivity index (χ4v) is 2.14. The molecule has 1 aliphatic rings. The molecule has 0 spiro atoms. The Labute approximate surface area is 108 Å². The van der Waals surface area contributed by atoms with Crippen molar-refractivity contribution in [1.82, 2.24) is 9.97 Å². The second-order valence-electron chi connectivity index (χ2n) is 4.61. The highest BCUT2D eigenvalue weighted by atomic mass is 19.4. The Morgan fingerprint density at radius 2 is 2.00 bits per heavy atom. The number of aromatic nitrogens is 2. The van der Waals surface area contributed by atoms with Crippen LogP contribution in [0.5, 0.6) is 0 Å². The molecule has 19 heavy (non-hydrogen) atoms. The Morgan fingerprint density at radius 3 is 2.53 bits per heavy atom. The topological polar surface area (TPSA) is 46.1 Å². The third-order valence-electron chi connectivity index (χ3n) is 3.29. The van der Waals surface area contributed by atoms with Gasteiger partial charge in [-0.25, -0.2) is 9.97 Å². The number of anilines is 1. The fourth-order valence-electron chi connectivity index (χ4n) is 2.14. The molecule has 0 N–H and O–H groups in total. The maximum Gasteiger partial charge on any atom is 0.433 e. The molecule has 0 saturated carbocycles. The van der Waals surface area contributed by atoms with E-state index >= 15 is 0 Å². The van der Waals surface area contributed by atoms with Gasteiger partial charge in [0, 0.05) is 25.2 Å². The molecule has 104 valence electrons. The van der Waals surface area contributed by atoms with E-state index in [4.69, 9.17) is 0 Å². The molecule has 2 rings (SSSR count). The van der Waals surface area contributed by atoms with E-state index in [1.807, 2.05) is 0 Å². The zero-order valence-electron chi connectivity index (χ0n) is 10.4. The lowest BCUT2D eigenvalue weighted by Gasteiger charge is -2.30. The van der Waals surface area contributed by atoms with Crippen LogP contribution < -0.4 is 4.90 Å². The van der Waals surface area contributed by atoms with Crippen molar-refractivity contribution in [2.45, 2.75) is 25.9 Å². The number of hydrogen-bond donors (Lipinski definition) is 0. The molecule has 0 aromatic carbocycles. The molecule has 1 aliphatic heterocycles. The molecule has 0 atom stereocenters. The summed E-state index contributed by atoms with van der Waals surface area (Å²) in [5.74, 6) is 0.212. The zero-order chi connectivity index (χ0) is 14.0. The second kappa shape index (κ2) is 5.14. The number of carbonyl (C=O) groups is 1. The van der Waals surface area contributed by atoms with Crippen molar-refractivity contribution < 1.29 is 18.0 Å². The van der Waals surface area contributed by atoms with Gasteiger partial charge in [0.05, 0.1) is 0 Å². The van der Waals surface area contributed by atoms with Crippen LogP contribution >= 0.6 is 0 Å². The van der Waals surface area contributed by atoms with Gasteiger partial charge < -0.3 is 4.90 Å². The summed E-state index contributed by atoms with van der Waals surface area (Å²) in [6.45, 7) is 2.55. The molecule has 1 saturated heterocycles. The van der Waals surface area contributed by atoms with Crippen molar-refractivity contribution in [2.24, 2.45) is 5.92 Å². The standard InChI is InChI=1S/C12H14F3N3O/c1-8(19)9-3-6-18(7-4-9)11-16-5-2-10(17-11)12(13,14)15/h2,5,9H,3-4,6-7H2,1H3. The smallest absolute Gasteiger partial charge is 0.341 e. The van der Waals surface area contributed by atoms with Crippen LogP contribution in [0, 0.1) is 5.92 Å². The number of nitrogens with zero attached hydrogens (tertiary/aromatic N) is 3.